The molecule has 0 aliphatic carbocycles. The lowest BCUT2D eigenvalue weighted by molar-refractivity contribution is 0.0690. The van der Waals surface area contributed by atoms with Gasteiger partial charge >= 0.3 is 5.97 Å². The summed E-state index contributed by atoms with van der Waals surface area (Å²) in [5, 5.41) is 12.3. The van der Waals surface area contributed by atoms with E-state index in [1.165, 1.54) is 12.1 Å². The molecular formula is C22H19NO4. The molecule has 3 rings (SSSR count). The summed E-state index contributed by atoms with van der Waals surface area (Å²) >= 11 is 0. The number of methoxy groups -OCH3 is 1. The van der Waals surface area contributed by atoms with Gasteiger partial charge in [-0.25, -0.2) is 4.79 Å². The van der Waals surface area contributed by atoms with E-state index in [-0.39, 0.29) is 11.1 Å². The Balaban J connectivity index is 1.97. The summed E-state index contributed by atoms with van der Waals surface area (Å²) in [6, 6.07) is 22.7. The number of aromatic carboxylic acids is 1. The minimum absolute atomic E-state index is 0.0310. The smallest absolute Gasteiger partial charge is 0.336 e. The first-order valence-electron chi connectivity index (χ1n) is 8.42. The molecule has 0 heterocycles. The quantitative estimate of drug-likeness (QED) is 0.698. The van der Waals surface area contributed by atoms with Crippen LogP contribution in [0, 0.1) is 0 Å². The van der Waals surface area contributed by atoms with Gasteiger partial charge in [0.15, 0.2) is 0 Å². The molecule has 0 radical (unpaired) electrons. The minimum Gasteiger partial charge on any atom is -0.497 e. The molecule has 5 heteroatoms. The lowest BCUT2D eigenvalue weighted by Gasteiger charge is -2.20. The van der Waals surface area contributed by atoms with Gasteiger partial charge in [-0.2, -0.15) is 0 Å². The van der Waals surface area contributed by atoms with Crippen LogP contribution >= 0.6 is 0 Å². The van der Waals surface area contributed by atoms with Gasteiger partial charge in [0.05, 0.1) is 24.3 Å². The fourth-order valence-corrected chi connectivity index (χ4v) is 2.88. The predicted octanol–water partition coefficient (Wildman–Crippen LogP) is 3.91. The zero-order valence-electron chi connectivity index (χ0n) is 14.8. The fourth-order valence-electron chi connectivity index (χ4n) is 2.88. The van der Waals surface area contributed by atoms with Crippen LogP contribution in [-0.2, 0) is 0 Å². The number of hydrogen-bond acceptors (Lipinski definition) is 3. The molecule has 0 saturated heterocycles. The third-order valence-electron chi connectivity index (χ3n) is 4.26. The Hall–Kier alpha value is -3.60. The Morgan fingerprint density at radius 2 is 1.37 bits per heavy atom. The average Bonchev–Trinajstić information content (AvgIpc) is 2.72. The van der Waals surface area contributed by atoms with Gasteiger partial charge in [-0.1, -0.05) is 54.6 Å². The number of hydrogen-bond donors (Lipinski definition) is 2. The topological polar surface area (TPSA) is 75.6 Å². The second-order valence-corrected chi connectivity index (χ2v) is 5.94. The van der Waals surface area contributed by atoms with Gasteiger partial charge in [0.2, 0.25) is 0 Å². The van der Waals surface area contributed by atoms with Crippen molar-refractivity contribution in [1.29, 1.82) is 0 Å². The standard InChI is InChI=1S/C22H19NO4/c1-27-17-13-11-16(12-14-17)20(15-7-3-2-4-8-15)23-21(24)18-9-5-6-10-19(18)22(25)26/h2-14,20H,1H3,(H,23,24)(H,25,26). The van der Waals surface area contributed by atoms with Crippen LogP contribution < -0.4 is 10.1 Å². The van der Waals surface area contributed by atoms with Gasteiger partial charge in [0.25, 0.3) is 5.91 Å². The van der Waals surface area contributed by atoms with Gasteiger partial charge < -0.3 is 15.2 Å². The van der Waals surface area contributed by atoms with Crippen molar-refractivity contribution in [3.8, 4) is 5.75 Å². The molecule has 1 unspecified atom stereocenters. The average molecular weight is 361 g/mol. The van der Waals surface area contributed by atoms with E-state index in [9.17, 15) is 14.7 Å². The number of carboxylic acids is 1. The van der Waals surface area contributed by atoms with Gasteiger partial charge in [-0.15, -0.1) is 0 Å². The van der Waals surface area contributed by atoms with Crippen molar-refractivity contribution in [2.45, 2.75) is 6.04 Å². The van der Waals surface area contributed by atoms with Crippen molar-refractivity contribution >= 4 is 11.9 Å². The van der Waals surface area contributed by atoms with E-state index < -0.39 is 17.9 Å². The van der Waals surface area contributed by atoms with E-state index in [0.717, 1.165) is 11.1 Å². The molecule has 0 bridgehead atoms. The first-order valence-corrected chi connectivity index (χ1v) is 8.42. The molecule has 3 aromatic rings. The van der Waals surface area contributed by atoms with E-state index in [0.29, 0.717) is 5.75 Å². The highest BCUT2D eigenvalue weighted by Crippen LogP contribution is 2.25. The fraction of sp³-hybridized carbons (Fsp3) is 0.0909. The Labute approximate surface area is 157 Å². The highest BCUT2D eigenvalue weighted by atomic mass is 16.5. The summed E-state index contributed by atoms with van der Waals surface area (Å²) in [6.45, 7) is 0. The van der Waals surface area contributed by atoms with Crippen LogP contribution in [0.5, 0.6) is 5.75 Å². The third kappa shape index (κ3) is 4.15. The van der Waals surface area contributed by atoms with Gasteiger partial charge in [0.1, 0.15) is 5.75 Å². The number of rotatable bonds is 6. The zero-order valence-corrected chi connectivity index (χ0v) is 14.8. The van der Waals surface area contributed by atoms with Gasteiger partial charge in [0, 0.05) is 0 Å². The molecule has 0 aromatic heterocycles. The molecule has 0 aliphatic rings. The maximum Gasteiger partial charge on any atom is 0.336 e. The molecule has 5 nitrogen and oxygen atoms in total. The molecule has 1 atom stereocenters. The molecule has 2 N–H and O–H groups in total. The maximum absolute atomic E-state index is 12.9. The summed E-state index contributed by atoms with van der Waals surface area (Å²) in [6.07, 6.45) is 0. The Kier molecular flexibility index (Phi) is 5.52. The van der Waals surface area contributed by atoms with Crippen molar-refractivity contribution in [3.63, 3.8) is 0 Å². The molecule has 0 spiro atoms. The van der Waals surface area contributed by atoms with Crippen LogP contribution in [0.25, 0.3) is 0 Å². The van der Waals surface area contributed by atoms with Crippen LogP contribution in [0.4, 0.5) is 0 Å². The summed E-state index contributed by atoms with van der Waals surface area (Å²) in [4.78, 5) is 24.3. The van der Waals surface area contributed by atoms with Gasteiger partial charge in [-0.3, -0.25) is 4.79 Å². The number of carbonyl (C=O) groups is 2. The number of benzene rings is 3. The molecule has 3 aromatic carbocycles. The van der Waals surface area contributed by atoms with Crippen LogP contribution in [0.2, 0.25) is 0 Å². The first kappa shape index (κ1) is 18.2. The van der Waals surface area contributed by atoms with Crippen LogP contribution in [0.1, 0.15) is 37.9 Å². The molecule has 0 saturated carbocycles. The van der Waals surface area contributed by atoms with E-state index in [1.807, 2.05) is 54.6 Å². The van der Waals surface area contributed by atoms with Gasteiger partial charge in [-0.05, 0) is 35.4 Å². The lowest BCUT2D eigenvalue weighted by Crippen LogP contribution is -2.30. The van der Waals surface area contributed by atoms with Crippen molar-refractivity contribution in [2.75, 3.05) is 7.11 Å². The summed E-state index contributed by atoms with van der Waals surface area (Å²) in [5.74, 6) is -0.868. The monoisotopic (exact) mass is 361 g/mol. The first-order chi connectivity index (χ1) is 13.1. The normalized spacial score (nSPS) is 11.4. The molecule has 27 heavy (non-hydrogen) atoms. The molecule has 0 fully saturated rings. The third-order valence-corrected chi connectivity index (χ3v) is 4.26. The Morgan fingerprint density at radius 3 is 1.96 bits per heavy atom. The van der Waals surface area contributed by atoms with Crippen LogP contribution in [0.3, 0.4) is 0 Å². The molecule has 136 valence electrons. The summed E-state index contributed by atoms with van der Waals surface area (Å²) in [7, 11) is 1.59. The van der Waals surface area contributed by atoms with E-state index in [1.54, 1.807) is 19.2 Å². The lowest BCUT2D eigenvalue weighted by atomic mass is 9.97. The predicted molar refractivity (Wildman–Crippen MR) is 102 cm³/mol. The van der Waals surface area contributed by atoms with E-state index in [2.05, 4.69) is 5.32 Å². The number of carboxylic acid groups (broad SMARTS) is 1. The highest BCUT2D eigenvalue weighted by Gasteiger charge is 2.21. The van der Waals surface area contributed by atoms with Crippen molar-refractivity contribution in [3.05, 3.63) is 101 Å². The number of amides is 1. The highest BCUT2D eigenvalue weighted by molar-refractivity contribution is 6.05. The number of ether oxygens (including phenoxy) is 1. The Morgan fingerprint density at radius 1 is 0.815 bits per heavy atom. The summed E-state index contributed by atoms with van der Waals surface area (Å²) in [5.41, 5.74) is 1.85. The largest absolute Gasteiger partial charge is 0.497 e. The zero-order chi connectivity index (χ0) is 19.2. The SMILES string of the molecule is COc1ccc(C(NC(=O)c2ccccc2C(=O)O)c2ccccc2)cc1. The minimum atomic E-state index is -1.14. The van der Waals surface area contributed by atoms with Crippen molar-refractivity contribution in [1.82, 2.24) is 5.32 Å². The molecule has 0 aliphatic heterocycles. The van der Waals surface area contributed by atoms with Crippen molar-refractivity contribution in [2.24, 2.45) is 0 Å². The molecule has 1 amide bonds. The summed E-state index contributed by atoms with van der Waals surface area (Å²) < 4.78 is 5.19. The second-order valence-electron chi connectivity index (χ2n) is 5.94. The maximum atomic E-state index is 12.9. The second kappa shape index (κ2) is 8.19. The van der Waals surface area contributed by atoms with E-state index in [4.69, 9.17) is 4.74 Å². The van der Waals surface area contributed by atoms with E-state index >= 15 is 0 Å². The number of carbonyl (C=O) groups excluding carboxylic acids is 1. The number of nitrogens with one attached hydrogen (secondary N) is 1. The molecular weight excluding hydrogens is 342 g/mol. The van der Waals surface area contributed by atoms with Crippen LogP contribution in [0.15, 0.2) is 78.9 Å². The van der Waals surface area contributed by atoms with Crippen molar-refractivity contribution < 1.29 is 19.4 Å². The Bertz CT molecular complexity index is 936. The van der Waals surface area contributed by atoms with Crippen LogP contribution in [-0.4, -0.2) is 24.1 Å².